The smallest absolute Gasteiger partial charge is 0.306 e. The zero-order chi connectivity index (χ0) is 53.3. The lowest BCUT2D eigenvalue weighted by atomic mass is 9.99. The quantitative estimate of drug-likeness (QED) is 0.0343. The minimum atomic E-state index is -0.765. The van der Waals surface area contributed by atoms with Crippen molar-refractivity contribution < 1.29 is 28.6 Å². The maximum atomic E-state index is 12.9. The summed E-state index contributed by atoms with van der Waals surface area (Å²) in [7, 11) is 0. The molecule has 0 fully saturated rings. The Morgan fingerprint density at radius 3 is 0.712 bits per heavy atom. The standard InChI is InChI=1S/C67H130O6/c1-7-62(5)54-48-42-36-30-24-20-16-11-9-10-12-18-22-26-34-40-46-52-58-67(70)73-64(60-72-66(69)57-51-45-39-33-28-27-31-37-43-49-55-63(6)8-2)59-71-65(68)56-50-44-38-32-25-21-17-14-13-15-19-23-29-35-41-47-53-61(3)4/h61-64H,7-60H2,1-6H3/t62?,63?,64-/m0/s1. The molecule has 6 nitrogen and oxygen atoms in total. The Bertz CT molecular complexity index is 1140. The first-order chi connectivity index (χ1) is 35.7. The lowest BCUT2D eigenvalue weighted by molar-refractivity contribution is -0.167. The van der Waals surface area contributed by atoms with Crippen molar-refractivity contribution >= 4 is 17.9 Å². The summed E-state index contributed by atoms with van der Waals surface area (Å²) in [6.45, 7) is 13.9. The summed E-state index contributed by atoms with van der Waals surface area (Å²) in [6, 6.07) is 0. The van der Waals surface area contributed by atoms with E-state index in [9.17, 15) is 14.4 Å². The van der Waals surface area contributed by atoms with Crippen molar-refractivity contribution in [2.75, 3.05) is 13.2 Å². The fraction of sp³-hybridized carbons (Fsp3) is 0.955. The number of esters is 3. The maximum Gasteiger partial charge on any atom is 0.306 e. The average molecular weight is 1030 g/mol. The van der Waals surface area contributed by atoms with E-state index in [-0.39, 0.29) is 31.1 Å². The van der Waals surface area contributed by atoms with Gasteiger partial charge in [-0.2, -0.15) is 0 Å². The van der Waals surface area contributed by atoms with Crippen molar-refractivity contribution in [2.24, 2.45) is 17.8 Å². The summed E-state index contributed by atoms with van der Waals surface area (Å²) in [5.41, 5.74) is 0. The van der Waals surface area contributed by atoms with Gasteiger partial charge >= 0.3 is 17.9 Å². The van der Waals surface area contributed by atoms with Crippen LogP contribution in [0.3, 0.4) is 0 Å². The minimum absolute atomic E-state index is 0.0625. The van der Waals surface area contributed by atoms with Crippen LogP contribution in [0.1, 0.15) is 375 Å². The number of rotatable bonds is 60. The molecule has 0 aromatic carbocycles. The highest BCUT2D eigenvalue weighted by atomic mass is 16.6. The van der Waals surface area contributed by atoms with Crippen molar-refractivity contribution in [3.05, 3.63) is 0 Å². The van der Waals surface area contributed by atoms with Gasteiger partial charge in [-0.05, 0) is 37.0 Å². The first-order valence-electron chi connectivity index (χ1n) is 33.2. The van der Waals surface area contributed by atoms with Gasteiger partial charge in [0.15, 0.2) is 6.10 Å². The predicted molar refractivity (Wildman–Crippen MR) is 316 cm³/mol. The molecule has 0 N–H and O–H groups in total. The van der Waals surface area contributed by atoms with Gasteiger partial charge in [0, 0.05) is 19.3 Å². The normalized spacial score (nSPS) is 12.9. The molecule has 434 valence electrons. The van der Waals surface area contributed by atoms with Crippen molar-refractivity contribution in [2.45, 2.75) is 382 Å². The molecular formula is C67H130O6. The number of hydrogen-bond donors (Lipinski definition) is 0. The van der Waals surface area contributed by atoms with E-state index in [0.29, 0.717) is 19.3 Å². The summed E-state index contributed by atoms with van der Waals surface area (Å²) < 4.78 is 17.0. The van der Waals surface area contributed by atoms with Crippen LogP contribution in [0.25, 0.3) is 0 Å². The van der Waals surface area contributed by atoms with E-state index in [4.69, 9.17) is 14.2 Å². The Kier molecular flexibility index (Phi) is 56.8. The van der Waals surface area contributed by atoms with Crippen molar-refractivity contribution in [3.8, 4) is 0 Å². The molecule has 0 aliphatic carbocycles. The Balaban J connectivity index is 4.27. The number of ether oxygens (including phenoxy) is 3. The topological polar surface area (TPSA) is 78.9 Å². The molecule has 73 heavy (non-hydrogen) atoms. The van der Waals surface area contributed by atoms with Gasteiger partial charge in [-0.1, -0.05) is 337 Å². The van der Waals surface area contributed by atoms with Gasteiger partial charge < -0.3 is 14.2 Å². The Hall–Kier alpha value is -1.59. The lowest BCUT2D eigenvalue weighted by Gasteiger charge is -2.18. The van der Waals surface area contributed by atoms with Crippen molar-refractivity contribution in [3.63, 3.8) is 0 Å². The van der Waals surface area contributed by atoms with Gasteiger partial charge in [0.1, 0.15) is 13.2 Å². The summed E-state index contributed by atoms with van der Waals surface area (Å²) in [5.74, 6) is 1.80. The predicted octanol–water partition coefficient (Wildman–Crippen LogP) is 22.2. The summed E-state index contributed by atoms with van der Waals surface area (Å²) in [4.78, 5) is 38.4. The molecule has 0 bridgehead atoms. The van der Waals surface area contributed by atoms with Gasteiger partial charge in [0.05, 0.1) is 0 Å². The molecular weight excluding hydrogens is 901 g/mol. The molecule has 0 spiro atoms. The van der Waals surface area contributed by atoms with Crippen molar-refractivity contribution in [1.29, 1.82) is 0 Å². The molecule has 0 heterocycles. The summed E-state index contributed by atoms with van der Waals surface area (Å²) >= 11 is 0. The van der Waals surface area contributed by atoms with Crippen LogP contribution in [0.15, 0.2) is 0 Å². The number of unbranched alkanes of at least 4 members (excludes halogenated alkanes) is 41. The molecule has 0 amide bonds. The fourth-order valence-electron chi connectivity index (χ4n) is 10.3. The third-order valence-electron chi connectivity index (χ3n) is 16.1. The lowest BCUT2D eigenvalue weighted by Crippen LogP contribution is -2.30. The maximum absolute atomic E-state index is 12.9. The SMILES string of the molecule is CCC(C)CCCCCCCCCCCCCCCCCCCCC(=O)O[C@@H](COC(=O)CCCCCCCCCCCCCCCCCCC(C)C)COC(=O)CCCCCCCCCCCCC(C)CC. The van der Waals surface area contributed by atoms with E-state index < -0.39 is 6.10 Å². The van der Waals surface area contributed by atoms with Gasteiger partial charge in [0.25, 0.3) is 0 Å². The van der Waals surface area contributed by atoms with E-state index >= 15 is 0 Å². The minimum Gasteiger partial charge on any atom is -0.462 e. The van der Waals surface area contributed by atoms with Gasteiger partial charge in [-0.15, -0.1) is 0 Å². The van der Waals surface area contributed by atoms with Crippen LogP contribution in [0.4, 0.5) is 0 Å². The second-order valence-corrected chi connectivity index (χ2v) is 24.1. The Labute approximate surface area is 457 Å². The van der Waals surface area contributed by atoms with Gasteiger partial charge in [0.2, 0.25) is 0 Å². The van der Waals surface area contributed by atoms with E-state index in [1.807, 2.05) is 0 Å². The fourth-order valence-corrected chi connectivity index (χ4v) is 10.3. The molecule has 0 radical (unpaired) electrons. The molecule has 0 aromatic rings. The highest BCUT2D eigenvalue weighted by molar-refractivity contribution is 5.71. The number of hydrogen-bond acceptors (Lipinski definition) is 6. The molecule has 0 saturated heterocycles. The first-order valence-corrected chi connectivity index (χ1v) is 33.2. The zero-order valence-corrected chi connectivity index (χ0v) is 50.4. The first kappa shape index (κ1) is 71.4. The van der Waals surface area contributed by atoms with E-state index in [2.05, 4.69) is 41.5 Å². The van der Waals surface area contributed by atoms with Gasteiger partial charge in [-0.3, -0.25) is 14.4 Å². The number of carbonyl (C=O) groups is 3. The average Bonchev–Trinajstić information content (AvgIpc) is 3.38. The van der Waals surface area contributed by atoms with E-state index in [1.165, 1.54) is 257 Å². The second kappa shape index (κ2) is 58.1. The third-order valence-corrected chi connectivity index (χ3v) is 16.1. The van der Waals surface area contributed by atoms with Crippen molar-refractivity contribution in [1.82, 2.24) is 0 Å². The molecule has 6 heteroatoms. The molecule has 2 unspecified atom stereocenters. The largest absolute Gasteiger partial charge is 0.462 e. The van der Waals surface area contributed by atoms with E-state index in [0.717, 1.165) is 75.5 Å². The monoisotopic (exact) mass is 1030 g/mol. The number of carbonyl (C=O) groups excluding carboxylic acids is 3. The van der Waals surface area contributed by atoms with Crippen LogP contribution in [-0.4, -0.2) is 37.2 Å². The molecule has 3 atom stereocenters. The van der Waals surface area contributed by atoms with E-state index in [1.54, 1.807) is 0 Å². The highest BCUT2D eigenvalue weighted by Crippen LogP contribution is 2.20. The van der Waals surface area contributed by atoms with Crippen LogP contribution in [0, 0.1) is 17.8 Å². The highest BCUT2D eigenvalue weighted by Gasteiger charge is 2.20. The van der Waals surface area contributed by atoms with Crippen LogP contribution in [0.2, 0.25) is 0 Å². The summed E-state index contributed by atoms with van der Waals surface area (Å²) in [5, 5.41) is 0. The zero-order valence-electron chi connectivity index (χ0n) is 50.4. The van der Waals surface area contributed by atoms with Crippen LogP contribution in [0.5, 0.6) is 0 Å². The summed E-state index contributed by atoms with van der Waals surface area (Å²) in [6.07, 6.45) is 63.8. The Morgan fingerprint density at radius 2 is 0.479 bits per heavy atom. The molecule has 0 aliphatic heterocycles. The molecule has 0 aliphatic rings. The van der Waals surface area contributed by atoms with Crippen LogP contribution >= 0.6 is 0 Å². The second-order valence-electron chi connectivity index (χ2n) is 24.1. The molecule has 0 rings (SSSR count). The molecule has 0 aromatic heterocycles. The third kappa shape index (κ3) is 57.9. The molecule has 0 saturated carbocycles. The van der Waals surface area contributed by atoms with Gasteiger partial charge in [-0.25, -0.2) is 0 Å². The van der Waals surface area contributed by atoms with Crippen LogP contribution in [-0.2, 0) is 28.6 Å². The Morgan fingerprint density at radius 1 is 0.274 bits per heavy atom. The van der Waals surface area contributed by atoms with Crippen LogP contribution < -0.4 is 0 Å².